The van der Waals surface area contributed by atoms with E-state index in [1.54, 1.807) is 0 Å². The van der Waals surface area contributed by atoms with Crippen LogP contribution in [-0.2, 0) is 4.79 Å². The number of carbonyl (C=O) groups is 1. The van der Waals surface area contributed by atoms with Gasteiger partial charge >= 0.3 is 0 Å². The molecule has 2 fully saturated rings. The Balaban J connectivity index is 1.41. The second kappa shape index (κ2) is 7.72. The van der Waals surface area contributed by atoms with Gasteiger partial charge in [-0.3, -0.25) is 9.69 Å². The molecule has 2 aliphatic heterocycles. The van der Waals surface area contributed by atoms with Gasteiger partial charge < -0.3 is 4.90 Å². The Morgan fingerprint density at radius 3 is 2.53 bits per heavy atom. The fourth-order valence-corrected chi connectivity index (χ4v) is 5.22. The third-order valence-corrected chi connectivity index (χ3v) is 7.15. The largest absolute Gasteiger partial charge is 0.369 e. The van der Waals surface area contributed by atoms with Crippen molar-refractivity contribution in [2.24, 2.45) is 0 Å². The molecule has 3 aromatic rings. The average Bonchev–Trinajstić information content (AvgIpc) is 2.74. The summed E-state index contributed by atoms with van der Waals surface area (Å²) in [6.07, 6.45) is 1.26. The van der Waals surface area contributed by atoms with Crippen molar-refractivity contribution in [2.45, 2.75) is 38.8 Å². The molecule has 30 heavy (non-hydrogen) atoms. The zero-order valence-electron chi connectivity index (χ0n) is 17.6. The lowest BCUT2D eigenvalue weighted by atomic mass is 9.87. The van der Waals surface area contributed by atoms with Gasteiger partial charge in [0.05, 0.1) is 0 Å². The van der Waals surface area contributed by atoms with Crippen molar-refractivity contribution >= 4 is 33.8 Å². The van der Waals surface area contributed by atoms with Gasteiger partial charge in [0.25, 0.3) is 0 Å². The lowest BCUT2D eigenvalue weighted by molar-refractivity contribution is -0.125. The van der Waals surface area contributed by atoms with E-state index in [0.717, 1.165) is 30.2 Å². The van der Waals surface area contributed by atoms with Crippen molar-refractivity contribution in [1.82, 2.24) is 4.90 Å². The van der Waals surface area contributed by atoms with E-state index in [1.807, 2.05) is 13.0 Å². The maximum absolute atomic E-state index is 12.7. The molecule has 0 saturated carbocycles. The summed E-state index contributed by atoms with van der Waals surface area (Å²) in [6.45, 7) is 6.99. The summed E-state index contributed by atoms with van der Waals surface area (Å²) in [5.41, 5.74) is 4.84. The predicted molar refractivity (Wildman–Crippen MR) is 125 cm³/mol. The van der Waals surface area contributed by atoms with Crippen molar-refractivity contribution in [3.63, 3.8) is 0 Å². The number of ketones is 1. The summed E-state index contributed by atoms with van der Waals surface area (Å²) < 4.78 is 0. The van der Waals surface area contributed by atoms with E-state index in [9.17, 15) is 4.79 Å². The first-order chi connectivity index (χ1) is 14.5. The number of hydrogen-bond acceptors (Lipinski definition) is 3. The number of aryl methyl sites for hydroxylation is 2. The van der Waals surface area contributed by atoms with Crippen molar-refractivity contribution < 1.29 is 4.79 Å². The van der Waals surface area contributed by atoms with Crippen LogP contribution in [0.1, 0.15) is 35.6 Å². The number of halogens is 1. The molecule has 0 aliphatic carbocycles. The quantitative estimate of drug-likeness (QED) is 0.533. The van der Waals surface area contributed by atoms with Crippen LogP contribution < -0.4 is 4.90 Å². The molecule has 154 valence electrons. The number of hydrogen-bond donors (Lipinski definition) is 0. The summed E-state index contributed by atoms with van der Waals surface area (Å²) in [6, 6.07) is 19.9. The van der Waals surface area contributed by atoms with E-state index < -0.39 is 0 Å². The van der Waals surface area contributed by atoms with E-state index in [0.29, 0.717) is 18.6 Å². The first kappa shape index (κ1) is 19.6. The molecule has 0 bridgehead atoms. The molecule has 2 saturated heterocycles. The minimum atomic E-state index is 0.177. The molecular weight excluding hydrogens is 392 g/mol. The summed E-state index contributed by atoms with van der Waals surface area (Å²) in [4.78, 5) is 17.7. The van der Waals surface area contributed by atoms with E-state index in [1.165, 1.54) is 27.6 Å². The molecule has 1 unspecified atom stereocenters. The Bertz CT molecular complexity index is 1130. The summed E-state index contributed by atoms with van der Waals surface area (Å²) >= 11 is 6.21. The standard InChI is InChI=1S/C26H27ClN2O/c1-17-3-4-20-13-21(6-5-19(20)11-17)26-15-24(30)14-23-16-28(9-10-29(23)26)22-7-8-25(27)18(2)12-22/h3-8,11-13,23,26H,9-10,14-16H2,1-2H3/t23?,26-/m1/s1. The Kier molecular flexibility index (Phi) is 5.04. The fourth-order valence-electron chi connectivity index (χ4n) is 5.10. The van der Waals surface area contributed by atoms with Crippen molar-refractivity contribution in [1.29, 1.82) is 0 Å². The van der Waals surface area contributed by atoms with Gasteiger partial charge in [0, 0.05) is 55.3 Å². The van der Waals surface area contributed by atoms with Crippen LogP contribution in [0.4, 0.5) is 5.69 Å². The SMILES string of the molecule is Cc1ccc2cc([C@H]3CC(=O)CC4CN(c5ccc(Cl)c(C)c5)CCN43)ccc2c1. The van der Waals surface area contributed by atoms with Crippen LogP contribution in [0.3, 0.4) is 0 Å². The Morgan fingerprint density at radius 1 is 0.900 bits per heavy atom. The second-order valence-electron chi connectivity index (χ2n) is 8.84. The summed E-state index contributed by atoms with van der Waals surface area (Å²) in [7, 11) is 0. The minimum Gasteiger partial charge on any atom is -0.369 e. The molecule has 0 N–H and O–H groups in total. The number of benzene rings is 3. The molecule has 2 heterocycles. The number of Topliss-reactive ketones (excluding diaryl/α,β-unsaturated/α-hetero) is 1. The Labute approximate surface area is 183 Å². The van der Waals surface area contributed by atoms with Crippen LogP contribution in [0.25, 0.3) is 10.8 Å². The number of piperazine rings is 1. The van der Waals surface area contributed by atoms with Crippen LogP contribution in [0, 0.1) is 13.8 Å². The lowest BCUT2D eigenvalue weighted by Gasteiger charge is -2.48. The van der Waals surface area contributed by atoms with E-state index in [-0.39, 0.29) is 12.1 Å². The van der Waals surface area contributed by atoms with Crippen molar-refractivity contribution in [3.05, 3.63) is 76.3 Å². The molecular formula is C26H27ClN2O. The normalized spacial score (nSPS) is 22.4. The second-order valence-corrected chi connectivity index (χ2v) is 9.25. The number of carbonyl (C=O) groups excluding carboxylic acids is 1. The van der Waals surface area contributed by atoms with Crippen LogP contribution in [-0.4, -0.2) is 36.4 Å². The summed E-state index contributed by atoms with van der Waals surface area (Å²) in [5, 5.41) is 3.32. The number of anilines is 1. The van der Waals surface area contributed by atoms with Crippen LogP contribution in [0.5, 0.6) is 0 Å². The van der Waals surface area contributed by atoms with Gasteiger partial charge in [-0.15, -0.1) is 0 Å². The van der Waals surface area contributed by atoms with Gasteiger partial charge in [0.15, 0.2) is 0 Å². The number of piperidine rings is 1. The molecule has 0 amide bonds. The number of rotatable bonds is 2. The van der Waals surface area contributed by atoms with Gasteiger partial charge in [-0.25, -0.2) is 0 Å². The highest BCUT2D eigenvalue weighted by atomic mass is 35.5. The lowest BCUT2D eigenvalue weighted by Crippen LogP contribution is -2.57. The average molecular weight is 419 g/mol. The Morgan fingerprint density at radius 2 is 1.70 bits per heavy atom. The third kappa shape index (κ3) is 3.61. The van der Waals surface area contributed by atoms with Crippen LogP contribution in [0.2, 0.25) is 5.02 Å². The van der Waals surface area contributed by atoms with Gasteiger partial charge in [-0.1, -0.05) is 47.5 Å². The predicted octanol–water partition coefficient (Wildman–Crippen LogP) is 5.70. The smallest absolute Gasteiger partial charge is 0.136 e. The highest BCUT2D eigenvalue weighted by Gasteiger charge is 2.39. The topological polar surface area (TPSA) is 23.6 Å². The maximum atomic E-state index is 12.7. The zero-order valence-corrected chi connectivity index (χ0v) is 18.3. The molecule has 5 rings (SSSR count). The highest BCUT2D eigenvalue weighted by molar-refractivity contribution is 6.31. The third-order valence-electron chi connectivity index (χ3n) is 6.72. The molecule has 4 heteroatoms. The zero-order chi connectivity index (χ0) is 20.8. The highest BCUT2D eigenvalue weighted by Crippen LogP contribution is 2.37. The van der Waals surface area contributed by atoms with Gasteiger partial charge in [0.2, 0.25) is 0 Å². The molecule has 0 spiro atoms. The molecule has 3 nitrogen and oxygen atoms in total. The van der Waals surface area contributed by atoms with Crippen LogP contribution in [0.15, 0.2) is 54.6 Å². The van der Waals surface area contributed by atoms with Crippen molar-refractivity contribution in [2.75, 3.05) is 24.5 Å². The maximum Gasteiger partial charge on any atom is 0.136 e. The summed E-state index contributed by atoms with van der Waals surface area (Å²) in [5.74, 6) is 0.374. The first-order valence-corrected chi connectivity index (χ1v) is 11.1. The van der Waals surface area contributed by atoms with Gasteiger partial charge in [-0.2, -0.15) is 0 Å². The van der Waals surface area contributed by atoms with E-state index >= 15 is 0 Å². The van der Waals surface area contributed by atoms with Crippen LogP contribution >= 0.6 is 11.6 Å². The molecule has 2 aliphatic rings. The first-order valence-electron chi connectivity index (χ1n) is 10.8. The van der Waals surface area contributed by atoms with Gasteiger partial charge in [0.1, 0.15) is 5.78 Å². The number of nitrogens with zero attached hydrogens (tertiary/aromatic N) is 2. The molecule has 3 aromatic carbocycles. The van der Waals surface area contributed by atoms with Gasteiger partial charge in [-0.05, 0) is 60.0 Å². The Hall–Kier alpha value is -2.36. The minimum absolute atomic E-state index is 0.177. The molecule has 0 aromatic heterocycles. The number of fused-ring (bicyclic) bond motifs is 2. The molecule has 2 atom stereocenters. The monoisotopic (exact) mass is 418 g/mol. The van der Waals surface area contributed by atoms with Crippen molar-refractivity contribution in [3.8, 4) is 0 Å². The molecule has 0 radical (unpaired) electrons. The van der Waals surface area contributed by atoms with E-state index in [4.69, 9.17) is 11.6 Å². The van der Waals surface area contributed by atoms with E-state index in [2.05, 4.69) is 65.3 Å². The fraction of sp³-hybridized carbons (Fsp3) is 0.346.